The van der Waals surface area contributed by atoms with E-state index >= 15 is 0 Å². The van der Waals surface area contributed by atoms with Crippen molar-refractivity contribution in [2.75, 3.05) is 0 Å². The molecule has 112 valence electrons. The highest BCUT2D eigenvalue weighted by atomic mass is 19.1. The highest BCUT2D eigenvalue weighted by Crippen LogP contribution is 2.24. The third-order valence-corrected chi connectivity index (χ3v) is 3.11. The van der Waals surface area contributed by atoms with Crippen LogP contribution >= 0.6 is 0 Å². The van der Waals surface area contributed by atoms with E-state index in [4.69, 9.17) is 9.63 Å². The minimum atomic E-state index is -1.02. The molecule has 3 aromatic rings. The number of benzene rings is 1. The van der Waals surface area contributed by atoms with E-state index in [1.54, 1.807) is 6.07 Å². The van der Waals surface area contributed by atoms with Gasteiger partial charge >= 0.3 is 5.97 Å². The summed E-state index contributed by atoms with van der Waals surface area (Å²) in [6, 6.07) is 5.68. The molecule has 0 saturated heterocycles. The largest absolute Gasteiger partial charge is 0.481 e. The third-order valence-electron chi connectivity index (χ3n) is 3.11. The van der Waals surface area contributed by atoms with Crippen molar-refractivity contribution in [3.8, 4) is 11.3 Å². The molecule has 0 radical (unpaired) electrons. The number of aromatic nitrogens is 3. The molecule has 0 atom stereocenters. The molecule has 0 aliphatic rings. The lowest BCUT2D eigenvalue weighted by Crippen LogP contribution is -2.21. The van der Waals surface area contributed by atoms with Crippen LogP contribution in [-0.4, -0.2) is 25.8 Å². The lowest BCUT2D eigenvalue weighted by Gasteiger charge is -2.01. The molecular formula is C14H10FN3O4. The van der Waals surface area contributed by atoms with Crippen LogP contribution in [0.5, 0.6) is 0 Å². The molecule has 22 heavy (non-hydrogen) atoms. The van der Waals surface area contributed by atoms with Crippen molar-refractivity contribution in [3.63, 3.8) is 0 Å². The first-order valence-electron chi connectivity index (χ1n) is 6.39. The van der Waals surface area contributed by atoms with E-state index in [1.807, 2.05) is 0 Å². The van der Waals surface area contributed by atoms with E-state index in [2.05, 4.69) is 10.1 Å². The van der Waals surface area contributed by atoms with Gasteiger partial charge in [-0.15, -0.1) is 0 Å². The van der Waals surface area contributed by atoms with Gasteiger partial charge in [0.2, 0.25) is 0 Å². The van der Waals surface area contributed by atoms with Crippen LogP contribution < -0.4 is 5.56 Å². The molecule has 3 rings (SSSR count). The Morgan fingerprint density at radius 1 is 1.41 bits per heavy atom. The molecule has 0 spiro atoms. The van der Waals surface area contributed by atoms with Gasteiger partial charge in [-0.2, -0.15) is 0 Å². The molecule has 2 heterocycles. The number of rotatable bonds is 4. The van der Waals surface area contributed by atoms with Gasteiger partial charge in [0.1, 0.15) is 17.0 Å². The average molecular weight is 303 g/mol. The summed E-state index contributed by atoms with van der Waals surface area (Å²) in [6.45, 7) is -0.0207. The van der Waals surface area contributed by atoms with Gasteiger partial charge in [-0.05, 0) is 12.1 Å². The van der Waals surface area contributed by atoms with Gasteiger partial charge in [-0.25, -0.2) is 9.37 Å². The monoisotopic (exact) mass is 303 g/mol. The minimum Gasteiger partial charge on any atom is -0.481 e. The summed E-state index contributed by atoms with van der Waals surface area (Å²) in [7, 11) is 0. The zero-order valence-electron chi connectivity index (χ0n) is 11.2. The molecule has 0 amide bonds. The van der Waals surface area contributed by atoms with Crippen LogP contribution in [0.1, 0.15) is 6.42 Å². The molecule has 1 N–H and O–H groups in total. The van der Waals surface area contributed by atoms with E-state index < -0.39 is 17.3 Å². The molecule has 2 aromatic heterocycles. The first kappa shape index (κ1) is 13.9. The second-order valence-corrected chi connectivity index (χ2v) is 4.61. The highest BCUT2D eigenvalue weighted by Gasteiger charge is 2.16. The van der Waals surface area contributed by atoms with E-state index in [0.717, 1.165) is 4.57 Å². The quantitative estimate of drug-likeness (QED) is 0.787. The van der Waals surface area contributed by atoms with Crippen LogP contribution in [0.4, 0.5) is 4.39 Å². The number of aryl methyl sites for hydroxylation is 1. The van der Waals surface area contributed by atoms with Crippen molar-refractivity contribution in [1.82, 2.24) is 14.7 Å². The van der Waals surface area contributed by atoms with Gasteiger partial charge in [-0.3, -0.25) is 14.2 Å². The predicted molar refractivity (Wildman–Crippen MR) is 73.7 cm³/mol. The fourth-order valence-electron chi connectivity index (χ4n) is 2.06. The summed E-state index contributed by atoms with van der Waals surface area (Å²) in [5.41, 5.74) is 0.293. The Morgan fingerprint density at radius 2 is 2.23 bits per heavy atom. The minimum absolute atomic E-state index is 0.0207. The van der Waals surface area contributed by atoms with Crippen molar-refractivity contribution in [2.45, 2.75) is 13.0 Å². The van der Waals surface area contributed by atoms with E-state index in [1.165, 1.54) is 24.5 Å². The molecule has 7 nitrogen and oxygen atoms in total. The van der Waals surface area contributed by atoms with Gasteiger partial charge in [0.15, 0.2) is 0 Å². The Labute approximate surface area is 122 Å². The maximum atomic E-state index is 13.3. The summed E-state index contributed by atoms with van der Waals surface area (Å²) in [5.74, 6) is -1.46. The van der Waals surface area contributed by atoms with Gasteiger partial charge in [0.05, 0.1) is 12.7 Å². The van der Waals surface area contributed by atoms with Crippen molar-refractivity contribution in [3.05, 3.63) is 46.8 Å². The molecule has 0 bridgehead atoms. The number of halogens is 1. The van der Waals surface area contributed by atoms with Crippen LogP contribution in [0.15, 0.2) is 39.9 Å². The zero-order chi connectivity index (χ0) is 15.7. The van der Waals surface area contributed by atoms with Crippen LogP contribution in [0.3, 0.4) is 0 Å². The number of aliphatic carboxylic acids is 1. The van der Waals surface area contributed by atoms with Crippen molar-refractivity contribution in [2.24, 2.45) is 0 Å². The summed E-state index contributed by atoms with van der Waals surface area (Å²) < 4.78 is 19.4. The van der Waals surface area contributed by atoms with Crippen LogP contribution in [0.25, 0.3) is 22.4 Å². The Balaban J connectivity index is 2.08. The Kier molecular flexibility index (Phi) is 3.42. The number of hydrogen-bond acceptors (Lipinski definition) is 5. The summed E-state index contributed by atoms with van der Waals surface area (Å²) in [6.07, 6.45) is 1.02. The van der Waals surface area contributed by atoms with Gasteiger partial charge in [0.25, 0.3) is 11.1 Å². The van der Waals surface area contributed by atoms with Crippen LogP contribution in [0.2, 0.25) is 0 Å². The lowest BCUT2D eigenvalue weighted by molar-refractivity contribution is -0.137. The second kappa shape index (κ2) is 5.40. The third kappa shape index (κ3) is 2.46. The molecule has 0 aliphatic heterocycles. The lowest BCUT2D eigenvalue weighted by atomic mass is 10.1. The fraction of sp³-hybridized carbons (Fsp3) is 0.143. The topological polar surface area (TPSA) is 98.2 Å². The highest BCUT2D eigenvalue weighted by molar-refractivity contribution is 5.87. The molecule has 1 aromatic carbocycles. The second-order valence-electron chi connectivity index (χ2n) is 4.61. The molecular weight excluding hydrogens is 293 g/mol. The maximum absolute atomic E-state index is 13.3. The van der Waals surface area contributed by atoms with Gasteiger partial charge < -0.3 is 9.63 Å². The number of nitrogens with zero attached hydrogens (tertiary/aromatic N) is 3. The predicted octanol–water partition coefficient (Wildman–Crippen LogP) is 1.67. The van der Waals surface area contributed by atoms with Crippen molar-refractivity contribution >= 4 is 17.1 Å². The number of fused-ring (bicyclic) bond motifs is 1. The Bertz CT molecular complexity index is 916. The van der Waals surface area contributed by atoms with E-state index in [9.17, 15) is 14.0 Å². The van der Waals surface area contributed by atoms with Crippen molar-refractivity contribution in [1.29, 1.82) is 0 Å². The Morgan fingerprint density at radius 3 is 2.95 bits per heavy atom. The molecule has 0 saturated carbocycles. The molecule has 0 unspecified atom stereocenters. The number of hydrogen-bond donors (Lipinski definition) is 1. The van der Waals surface area contributed by atoms with E-state index in [-0.39, 0.29) is 29.8 Å². The number of carboxylic acids is 1. The average Bonchev–Trinajstić information content (AvgIpc) is 2.91. The molecule has 0 aliphatic carbocycles. The molecule has 0 fully saturated rings. The number of carboxylic acid groups (broad SMARTS) is 1. The maximum Gasteiger partial charge on any atom is 0.305 e. The summed E-state index contributed by atoms with van der Waals surface area (Å²) in [5, 5.41) is 12.4. The SMILES string of the molecule is O=C(O)CCn1cnc2c(-c3cccc(F)c3)noc2c1=O. The van der Waals surface area contributed by atoms with Crippen LogP contribution in [-0.2, 0) is 11.3 Å². The molecule has 8 heteroatoms. The summed E-state index contributed by atoms with van der Waals surface area (Å²) in [4.78, 5) is 26.8. The Hall–Kier alpha value is -3.03. The smallest absolute Gasteiger partial charge is 0.305 e. The number of carbonyl (C=O) groups is 1. The fourth-order valence-corrected chi connectivity index (χ4v) is 2.06. The van der Waals surface area contributed by atoms with Crippen LogP contribution in [0, 0.1) is 5.82 Å². The van der Waals surface area contributed by atoms with Gasteiger partial charge in [-0.1, -0.05) is 17.3 Å². The normalized spacial score (nSPS) is 11.0. The van der Waals surface area contributed by atoms with Gasteiger partial charge in [0, 0.05) is 12.1 Å². The first-order valence-corrected chi connectivity index (χ1v) is 6.39. The first-order chi connectivity index (χ1) is 10.6. The zero-order valence-corrected chi connectivity index (χ0v) is 11.2. The van der Waals surface area contributed by atoms with Crippen molar-refractivity contribution < 1.29 is 18.8 Å². The standard InChI is InChI=1S/C14H10FN3O4/c15-9-3-1-2-8(6-9)11-12-13(22-17-11)14(21)18(7-16-12)5-4-10(19)20/h1-3,6-7H,4-5H2,(H,19,20). The van der Waals surface area contributed by atoms with E-state index in [0.29, 0.717) is 5.56 Å². The summed E-state index contributed by atoms with van der Waals surface area (Å²) >= 11 is 0.